The number of fused-ring (bicyclic) bond motifs is 3. The van der Waals surface area contributed by atoms with Crippen LogP contribution in [0.1, 0.15) is 49.9 Å². The van der Waals surface area contributed by atoms with Crippen LogP contribution in [0.25, 0.3) is 11.1 Å². The molecule has 0 amide bonds. The van der Waals surface area contributed by atoms with Crippen molar-refractivity contribution in [1.82, 2.24) is 0 Å². The van der Waals surface area contributed by atoms with Crippen molar-refractivity contribution in [2.24, 2.45) is 0 Å². The predicted molar refractivity (Wildman–Crippen MR) is 148 cm³/mol. The third kappa shape index (κ3) is 3.91. The van der Waals surface area contributed by atoms with Crippen LogP contribution in [-0.4, -0.2) is 11.4 Å². The maximum absolute atomic E-state index is 8.48. The lowest BCUT2D eigenvalue weighted by molar-refractivity contribution is 0.662. The van der Waals surface area contributed by atoms with Gasteiger partial charge in [0, 0.05) is 50.7 Å². The summed E-state index contributed by atoms with van der Waals surface area (Å²) in [5.74, 6) is 0. The number of para-hydroxylation sites is 1. The first-order chi connectivity index (χ1) is 16.8. The van der Waals surface area contributed by atoms with Gasteiger partial charge < -0.3 is 21.5 Å². The zero-order chi connectivity index (χ0) is 24.7. The predicted octanol–water partition coefficient (Wildman–Crippen LogP) is 8.26. The van der Waals surface area contributed by atoms with Crippen molar-refractivity contribution in [1.29, 1.82) is 10.8 Å². The van der Waals surface area contributed by atoms with Gasteiger partial charge in [0.2, 0.25) is 0 Å². The van der Waals surface area contributed by atoms with Gasteiger partial charge in [-0.25, -0.2) is 0 Å². The molecule has 4 heteroatoms. The van der Waals surface area contributed by atoms with Crippen LogP contribution >= 0.6 is 0 Å². The monoisotopic (exact) mass is 458 g/mol. The maximum atomic E-state index is 8.48. The fourth-order valence-corrected chi connectivity index (χ4v) is 5.20. The molecule has 0 saturated heterocycles. The summed E-state index contributed by atoms with van der Waals surface area (Å²) in [6.07, 6.45) is 0. The topological polar surface area (TPSA) is 71.8 Å². The standard InChI is InChI=1S/C31H30N4/c1-19(32)24-17-25(20(2)33)29(18-28(24)34-21-11-6-5-7-12-21)35-27-16-10-14-23-22-13-8-9-15-26(22)31(3,4)30(23)27/h5-18,32-35H,1-4H3. The smallest absolute Gasteiger partial charge is 0.0497 e. The molecule has 0 saturated carbocycles. The largest absolute Gasteiger partial charge is 0.355 e. The molecule has 174 valence electrons. The van der Waals surface area contributed by atoms with Crippen molar-refractivity contribution in [3.8, 4) is 11.1 Å². The Bertz CT molecular complexity index is 1470. The first-order valence-corrected chi connectivity index (χ1v) is 11.9. The second-order valence-corrected chi connectivity index (χ2v) is 9.71. The van der Waals surface area contributed by atoms with Crippen LogP contribution in [0.3, 0.4) is 0 Å². The van der Waals surface area contributed by atoms with Crippen LogP contribution in [0.5, 0.6) is 0 Å². The van der Waals surface area contributed by atoms with E-state index in [-0.39, 0.29) is 5.41 Å². The van der Waals surface area contributed by atoms with E-state index in [9.17, 15) is 0 Å². The fourth-order valence-electron chi connectivity index (χ4n) is 5.20. The summed E-state index contributed by atoms with van der Waals surface area (Å²) in [5.41, 5.74) is 11.1. The summed E-state index contributed by atoms with van der Waals surface area (Å²) in [6, 6.07) is 29.0. The number of nitrogens with one attached hydrogen (secondary N) is 4. The Labute approximate surface area is 207 Å². The van der Waals surface area contributed by atoms with E-state index in [4.69, 9.17) is 10.8 Å². The van der Waals surface area contributed by atoms with Gasteiger partial charge in [0.1, 0.15) is 0 Å². The van der Waals surface area contributed by atoms with Crippen molar-refractivity contribution in [3.05, 3.63) is 107 Å². The second kappa shape index (κ2) is 8.55. The lowest BCUT2D eigenvalue weighted by atomic mass is 9.81. The third-order valence-corrected chi connectivity index (χ3v) is 6.87. The van der Waals surface area contributed by atoms with Gasteiger partial charge >= 0.3 is 0 Å². The molecular weight excluding hydrogens is 428 g/mol. The molecule has 5 rings (SSSR count). The summed E-state index contributed by atoms with van der Waals surface area (Å²) < 4.78 is 0. The average molecular weight is 459 g/mol. The van der Waals surface area contributed by atoms with Crippen molar-refractivity contribution in [2.45, 2.75) is 33.1 Å². The van der Waals surface area contributed by atoms with Crippen molar-refractivity contribution < 1.29 is 0 Å². The van der Waals surface area contributed by atoms with E-state index < -0.39 is 0 Å². The highest BCUT2D eigenvalue weighted by atomic mass is 14.9. The van der Waals surface area contributed by atoms with E-state index in [2.05, 4.69) is 66.9 Å². The van der Waals surface area contributed by atoms with Crippen LogP contribution in [0, 0.1) is 10.8 Å². The first kappa shape index (κ1) is 22.6. The molecule has 0 spiro atoms. The summed E-state index contributed by atoms with van der Waals surface area (Å²) >= 11 is 0. The van der Waals surface area contributed by atoms with E-state index in [0.717, 1.165) is 33.9 Å². The van der Waals surface area contributed by atoms with E-state index in [1.165, 1.54) is 22.3 Å². The summed E-state index contributed by atoms with van der Waals surface area (Å²) in [5, 5.41) is 24.0. The molecule has 0 radical (unpaired) electrons. The molecule has 35 heavy (non-hydrogen) atoms. The lowest BCUT2D eigenvalue weighted by Gasteiger charge is -2.26. The Morgan fingerprint density at radius 3 is 1.91 bits per heavy atom. The molecule has 0 atom stereocenters. The fraction of sp³-hybridized carbons (Fsp3) is 0.161. The third-order valence-electron chi connectivity index (χ3n) is 6.87. The Balaban J connectivity index is 1.65. The van der Waals surface area contributed by atoms with E-state index in [0.29, 0.717) is 11.4 Å². The SMILES string of the molecule is CC(=N)c1cc(C(C)=N)c(Nc2cccc3c2C(C)(C)c2ccccc2-3)cc1Nc1ccccc1. The molecule has 0 heterocycles. The van der Waals surface area contributed by atoms with E-state index in [1.54, 1.807) is 13.8 Å². The van der Waals surface area contributed by atoms with Crippen LogP contribution in [0.15, 0.2) is 84.9 Å². The molecule has 4 N–H and O–H groups in total. The average Bonchev–Trinajstić information content (AvgIpc) is 3.07. The molecule has 0 bridgehead atoms. The quantitative estimate of drug-likeness (QED) is 0.220. The number of rotatable bonds is 6. The van der Waals surface area contributed by atoms with Crippen LogP contribution in [0.4, 0.5) is 22.7 Å². The zero-order valence-corrected chi connectivity index (χ0v) is 20.6. The van der Waals surface area contributed by atoms with Crippen LogP contribution < -0.4 is 10.6 Å². The summed E-state index contributed by atoms with van der Waals surface area (Å²) in [6.45, 7) is 8.12. The Hall–Kier alpha value is -4.18. The van der Waals surface area contributed by atoms with Gasteiger partial charge in [-0.05, 0) is 66.4 Å². The zero-order valence-electron chi connectivity index (χ0n) is 20.6. The number of hydrogen-bond donors (Lipinski definition) is 4. The summed E-state index contributed by atoms with van der Waals surface area (Å²) in [4.78, 5) is 0. The van der Waals surface area contributed by atoms with Crippen molar-refractivity contribution in [2.75, 3.05) is 10.6 Å². The molecule has 0 aromatic heterocycles. The van der Waals surface area contributed by atoms with Gasteiger partial charge in [-0.1, -0.05) is 68.4 Å². The molecule has 0 fully saturated rings. The van der Waals surface area contributed by atoms with Crippen LogP contribution in [0.2, 0.25) is 0 Å². The molecule has 1 aliphatic rings. The Morgan fingerprint density at radius 1 is 0.629 bits per heavy atom. The maximum Gasteiger partial charge on any atom is 0.0497 e. The highest BCUT2D eigenvalue weighted by Gasteiger charge is 2.37. The Kier molecular flexibility index (Phi) is 5.52. The normalized spacial score (nSPS) is 13.0. The van der Waals surface area contributed by atoms with Gasteiger partial charge in [0.15, 0.2) is 0 Å². The number of hydrogen-bond acceptors (Lipinski definition) is 4. The highest BCUT2D eigenvalue weighted by molar-refractivity contribution is 6.09. The molecule has 0 aliphatic heterocycles. The van der Waals surface area contributed by atoms with E-state index in [1.807, 2.05) is 42.5 Å². The molecule has 4 aromatic carbocycles. The molecule has 4 aromatic rings. The van der Waals surface area contributed by atoms with Gasteiger partial charge in [0.25, 0.3) is 0 Å². The minimum atomic E-state index is -0.147. The number of anilines is 4. The molecular formula is C31H30N4. The number of benzene rings is 4. The van der Waals surface area contributed by atoms with Gasteiger partial charge in [-0.2, -0.15) is 0 Å². The van der Waals surface area contributed by atoms with Gasteiger partial charge in [0.05, 0.1) is 0 Å². The highest BCUT2D eigenvalue weighted by Crippen LogP contribution is 2.52. The minimum Gasteiger partial charge on any atom is -0.355 e. The Morgan fingerprint density at radius 2 is 1.23 bits per heavy atom. The van der Waals surface area contributed by atoms with Gasteiger partial charge in [-0.3, -0.25) is 0 Å². The van der Waals surface area contributed by atoms with Crippen molar-refractivity contribution >= 4 is 34.2 Å². The second-order valence-electron chi connectivity index (χ2n) is 9.71. The molecule has 0 unspecified atom stereocenters. The van der Waals surface area contributed by atoms with Gasteiger partial charge in [-0.15, -0.1) is 0 Å². The van der Waals surface area contributed by atoms with Crippen LogP contribution in [-0.2, 0) is 5.41 Å². The lowest BCUT2D eigenvalue weighted by Crippen LogP contribution is -2.17. The molecule has 1 aliphatic carbocycles. The molecule has 4 nitrogen and oxygen atoms in total. The first-order valence-electron chi connectivity index (χ1n) is 11.9. The summed E-state index contributed by atoms with van der Waals surface area (Å²) in [7, 11) is 0. The van der Waals surface area contributed by atoms with Crippen molar-refractivity contribution in [3.63, 3.8) is 0 Å². The van der Waals surface area contributed by atoms with E-state index >= 15 is 0 Å². The minimum absolute atomic E-state index is 0.147.